The molecule has 2 aliphatic rings. The molecule has 3 aromatic rings. The Morgan fingerprint density at radius 1 is 1.00 bits per heavy atom. The minimum Gasteiger partial charge on any atom is -0.371 e. The maximum Gasteiger partial charge on any atom is 0.415 e. The van der Waals surface area contributed by atoms with Crippen LogP contribution in [0.25, 0.3) is 4.85 Å². The monoisotopic (exact) mass is 588 g/mol. The number of nitrogens with zero attached hydrogens (tertiary/aromatic N) is 4. The second-order valence-corrected chi connectivity index (χ2v) is 12.1. The van der Waals surface area contributed by atoms with Gasteiger partial charge in [0.05, 0.1) is 6.57 Å². The van der Waals surface area contributed by atoms with Crippen LogP contribution in [0, 0.1) is 19.4 Å². The number of fused-ring (bicyclic) bond motifs is 1. The molecule has 0 unspecified atom stereocenters. The molecule has 1 saturated carbocycles. The lowest BCUT2D eigenvalue weighted by molar-refractivity contribution is -0.137. The van der Waals surface area contributed by atoms with E-state index in [-0.39, 0.29) is 24.6 Å². The summed E-state index contributed by atoms with van der Waals surface area (Å²) in [5.41, 5.74) is 4.93. The molecule has 1 heterocycles. The largest absolute Gasteiger partial charge is 0.415 e. The van der Waals surface area contributed by atoms with Crippen molar-refractivity contribution in [2.45, 2.75) is 78.1 Å². The number of halogens is 4. The molecule has 0 amide bonds. The predicted octanol–water partition coefficient (Wildman–Crippen LogP) is 9.15. The van der Waals surface area contributed by atoms with Gasteiger partial charge in [-0.25, -0.2) is 9.83 Å². The number of aromatic nitrogens is 1. The van der Waals surface area contributed by atoms with E-state index in [1.807, 2.05) is 13.1 Å². The van der Waals surface area contributed by atoms with E-state index in [4.69, 9.17) is 6.57 Å². The molecule has 0 radical (unpaired) electrons. The Kier molecular flexibility index (Phi) is 9.68. The zero-order valence-corrected chi connectivity index (χ0v) is 24.7. The predicted molar refractivity (Wildman–Crippen MR) is 160 cm³/mol. The van der Waals surface area contributed by atoms with Gasteiger partial charge in [0.1, 0.15) is 0 Å². The zero-order valence-electron chi connectivity index (χ0n) is 23.1. The summed E-state index contributed by atoms with van der Waals surface area (Å²) in [6, 6.07) is 8.37. The second kappa shape index (κ2) is 12.8. The van der Waals surface area contributed by atoms with Crippen LogP contribution in [0.15, 0.2) is 36.5 Å². The number of alkyl halides is 3. The number of hydrogen-bond acceptors (Lipinski definition) is 4. The fourth-order valence-electron chi connectivity index (χ4n) is 6.09. The molecule has 0 spiro atoms. The van der Waals surface area contributed by atoms with Gasteiger partial charge in [-0.2, -0.15) is 13.2 Å². The minimum atomic E-state index is -4.51. The van der Waals surface area contributed by atoms with Crippen LogP contribution in [-0.2, 0) is 32.1 Å². The van der Waals surface area contributed by atoms with E-state index < -0.39 is 11.7 Å². The Morgan fingerprint density at radius 3 is 2.35 bits per heavy atom. The summed E-state index contributed by atoms with van der Waals surface area (Å²) < 4.78 is 40.9. The van der Waals surface area contributed by atoms with E-state index in [9.17, 15) is 13.2 Å². The summed E-state index contributed by atoms with van der Waals surface area (Å²) in [5, 5.41) is 0.777. The quantitative estimate of drug-likeness (QED) is 0.233. The lowest BCUT2D eigenvalue weighted by Crippen LogP contribution is -2.31. The van der Waals surface area contributed by atoms with Crippen molar-refractivity contribution in [3.8, 4) is 0 Å². The molecule has 4 nitrogen and oxygen atoms in total. The van der Waals surface area contributed by atoms with Gasteiger partial charge in [-0.3, -0.25) is 0 Å². The molecule has 1 aromatic heterocycles. The highest BCUT2D eigenvalue weighted by Crippen LogP contribution is 2.37. The maximum atomic E-state index is 13.6. The fraction of sp³-hybridized carbons (Fsp3) is 0.484. The molecule has 9 heteroatoms. The Balaban J connectivity index is 0.00000370. The second-order valence-electron chi connectivity index (χ2n) is 10.9. The third kappa shape index (κ3) is 6.92. The summed E-state index contributed by atoms with van der Waals surface area (Å²) in [5.74, 6) is 0.709. The van der Waals surface area contributed by atoms with Crippen molar-refractivity contribution in [2.75, 3.05) is 22.9 Å². The molecular weight excluding hydrogens is 553 g/mol. The first-order chi connectivity index (χ1) is 18.7. The molecular formula is C31H36ClF3N4S. The van der Waals surface area contributed by atoms with E-state index >= 15 is 0 Å². The zero-order chi connectivity index (χ0) is 27.6. The van der Waals surface area contributed by atoms with Gasteiger partial charge in [0, 0.05) is 48.5 Å². The Morgan fingerprint density at radius 2 is 1.73 bits per heavy atom. The van der Waals surface area contributed by atoms with Crippen LogP contribution in [0.1, 0.15) is 71.7 Å². The van der Waals surface area contributed by atoms with E-state index in [1.165, 1.54) is 54.1 Å². The number of aryl methyl sites for hydroxylation is 3. The minimum absolute atomic E-state index is 0. The number of thiazole rings is 1. The van der Waals surface area contributed by atoms with Gasteiger partial charge in [0.25, 0.3) is 0 Å². The molecule has 2 aromatic carbocycles. The van der Waals surface area contributed by atoms with E-state index in [0.29, 0.717) is 18.0 Å². The fourth-order valence-corrected chi connectivity index (χ4v) is 6.84. The molecule has 5 rings (SSSR count). The third-order valence-corrected chi connectivity index (χ3v) is 8.99. The Labute approximate surface area is 245 Å². The summed E-state index contributed by atoms with van der Waals surface area (Å²) >= 11 is 1.54. The lowest BCUT2D eigenvalue weighted by atomic mass is 10.0. The summed E-state index contributed by atoms with van der Waals surface area (Å²) in [6.07, 6.45) is 5.80. The normalized spacial score (nSPS) is 15.0. The summed E-state index contributed by atoms with van der Waals surface area (Å²) in [6.45, 7) is 14.3. The van der Waals surface area contributed by atoms with Gasteiger partial charge in [0.2, 0.25) is 0 Å². The number of anilines is 2. The number of rotatable bonds is 9. The first-order valence-electron chi connectivity index (χ1n) is 13.9. The highest BCUT2D eigenvalue weighted by atomic mass is 35.5. The highest BCUT2D eigenvalue weighted by molar-refractivity contribution is 7.15. The molecule has 0 aliphatic heterocycles. The third-order valence-electron chi connectivity index (χ3n) is 8.02. The average molecular weight is 589 g/mol. The molecule has 1 fully saturated rings. The Bertz CT molecular complexity index is 1360. The first kappa shape index (κ1) is 30.2. The smallest absolute Gasteiger partial charge is 0.371 e. The molecule has 0 N–H and O–H groups in total. The molecule has 0 saturated heterocycles. The van der Waals surface area contributed by atoms with Gasteiger partial charge in [0.15, 0.2) is 10.8 Å². The standard InChI is InChI=1S/C31H35F3N4S.ClH/c1-4-37(18-22-8-5-6-9-22)29-15-25-11-7-10-24(25)14-26(29)20-38(30-36-17-21(2)39-30)19-23-12-27(31(32,33)34)16-28(13-23)35-3;/h12-17,22H,4-11,18-20H2,1-2H3;1H. The summed E-state index contributed by atoms with van der Waals surface area (Å²) in [4.78, 5) is 13.6. The van der Waals surface area contributed by atoms with Crippen molar-refractivity contribution >= 4 is 40.3 Å². The van der Waals surface area contributed by atoms with Crippen LogP contribution in [0.5, 0.6) is 0 Å². The van der Waals surface area contributed by atoms with Crippen molar-refractivity contribution in [1.29, 1.82) is 0 Å². The van der Waals surface area contributed by atoms with Crippen molar-refractivity contribution < 1.29 is 13.2 Å². The molecule has 40 heavy (non-hydrogen) atoms. The van der Waals surface area contributed by atoms with Gasteiger partial charge >= 0.3 is 6.18 Å². The van der Waals surface area contributed by atoms with E-state index in [2.05, 4.69) is 38.7 Å². The van der Waals surface area contributed by atoms with E-state index in [0.717, 1.165) is 48.4 Å². The molecule has 0 atom stereocenters. The maximum absolute atomic E-state index is 13.6. The van der Waals surface area contributed by atoms with Crippen molar-refractivity contribution in [3.05, 3.63) is 80.6 Å². The SMILES string of the molecule is Cl.[C-]#[N+]c1cc(CN(Cc2cc3c(cc2N(CC)CC2CCCC2)CCC3)c2ncc(C)s2)cc(C(F)(F)F)c1. The Hall–Kier alpha value is -2.76. The first-order valence-corrected chi connectivity index (χ1v) is 14.7. The summed E-state index contributed by atoms with van der Waals surface area (Å²) in [7, 11) is 0. The van der Waals surface area contributed by atoms with Crippen LogP contribution in [0.4, 0.5) is 29.7 Å². The van der Waals surface area contributed by atoms with Crippen molar-refractivity contribution in [1.82, 2.24) is 4.98 Å². The van der Waals surface area contributed by atoms with Crippen molar-refractivity contribution in [3.63, 3.8) is 0 Å². The number of hydrogen-bond donors (Lipinski definition) is 0. The van der Waals surface area contributed by atoms with Gasteiger partial charge in [-0.15, -0.1) is 23.7 Å². The van der Waals surface area contributed by atoms with Crippen molar-refractivity contribution in [2.24, 2.45) is 5.92 Å². The van der Waals surface area contributed by atoms with Gasteiger partial charge in [-0.05, 0) is 92.3 Å². The van der Waals surface area contributed by atoms with Gasteiger partial charge < -0.3 is 9.80 Å². The van der Waals surface area contributed by atoms with Crippen LogP contribution in [-0.4, -0.2) is 18.1 Å². The topological polar surface area (TPSA) is 23.7 Å². The van der Waals surface area contributed by atoms with Crippen LogP contribution < -0.4 is 9.80 Å². The average Bonchev–Trinajstić information content (AvgIpc) is 3.68. The lowest BCUT2D eigenvalue weighted by Gasteiger charge is -2.31. The van der Waals surface area contributed by atoms with Crippen LogP contribution in [0.3, 0.4) is 0 Å². The van der Waals surface area contributed by atoms with Crippen LogP contribution in [0.2, 0.25) is 0 Å². The highest BCUT2D eigenvalue weighted by Gasteiger charge is 2.31. The molecule has 0 bridgehead atoms. The molecule has 2 aliphatic carbocycles. The number of benzene rings is 2. The van der Waals surface area contributed by atoms with E-state index in [1.54, 1.807) is 17.4 Å². The van der Waals surface area contributed by atoms with Crippen LogP contribution >= 0.6 is 23.7 Å². The molecule has 214 valence electrons. The van der Waals surface area contributed by atoms with Gasteiger partial charge in [-0.1, -0.05) is 25.0 Å².